The fraction of sp³-hybridized carbons (Fsp3) is 0.417. The lowest BCUT2D eigenvalue weighted by Gasteiger charge is -2.21. The number of hydrogen-bond donors (Lipinski definition) is 2. The van der Waals surface area contributed by atoms with Gasteiger partial charge in [0, 0.05) is 50.0 Å². The minimum atomic E-state index is -0.299. The number of likely N-dealkylation sites (N-methyl/N-ethyl adjacent to an activating group) is 1. The van der Waals surface area contributed by atoms with Crippen LogP contribution in [0.1, 0.15) is 31.2 Å². The van der Waals surface area contributed by atoms with Crippen molar-refractivity contribution in [2.45, 2.75) is 32.6 Å². The molecule has 0 saturated carbocycles. The molecule has 3 heterocycles. The molecule has 9 nitrogen and oxygen atoms in total. The van der Waals surface area contributed by atoms with Crippen LogP contribution in [0.3, 0.4) is 0 Å². The molecule has 0 radical (unpaired) electrons. The lowest BCUT2D eigenvalue weighted by molar-refractivity contribution is -0.122. The first-order chi connectivity index (χ1) is 16.0. The summed E-state index contributed by atoms with van der Waals surface area (Å²) in [6.07, 6.45) is 6.68. The molecule has 2 aromatic heterocycles. The standard InChI is InChI=1S/C24H30N6O3/c1-16-14-26-24(30-10-6-4-5-7-11-30)28-22(16)27-18-8-9-19-17(12-18)13-20(23(32)29(19)3)33-15-21(31)25-2/h8-9,12-14H,4-7,10-11,15H2,1-3H3,(H,25,31)(H,26,27,28). The van der Waals surface area contributed by atoms with Crippen molar-refractivity contribution in [1.29, 1.82) is 0 Å². The van der Waals surface area contributed by atoms with Gasteiger partial charge in [0.2, 0.25) is 5.95 Å². The molecule has 174 valence electrons. The number of aromatic nitrogens is 3. The maximum atomic E-state index is 12.6. The third-order valence-corrected chi connectivity index (χ3v) is 5.94. The van der Waals surface area contributed by atoms with E-state index in [1.165, 1.54) is 24.5 Å². The number of pyridine rings is 1. The van der Waals surface area contributed by atoms with Gasteiger partial charge in [-0.3, -0.25) is 9.59 Å². The van der Waals surface area contributed by atoms with Crippen LogP contribution >= 0.6 is 0 Å². The molecule has 1 aliphatic heterocycles. The molecule has 1 saturated heterocycles. The Balaban J connectivity index is 1.62. The monoisotopic (exact) mass is 450 g/mol. The Morgan fingerprint density at radius 1 is 1.15 bits per heavy atom. The molecule has 0 aliphatic carbocycles. The summed E-state index contributed by atoms with van der Waals surface area (Å²) in [5, 5.41) is 6.70. The Bertz CT molecular complexity index is 1210. The quantitative estimate of drug-likeness (QED) is 0.595. The van der Waals surface area contributed by atoms with Crippen LogP contribution in [0.2, 0.25) is 0 Å². The Morgan fingerprint density at radius 3 is 2.64 bits per heavy atom. The minimum Gasteiger partial charge on any atom is -0.478 e. The molecule has 1 aliphatic rings. The Labute approximate surface area is 192 Å². The number of carbonyl (C=O) groups is 1. The number of anilines is 3. The largest absolute Gasteiger partial charge is 0.478 e. The number of aryl methyl sites for hydroxylation is 2. The van der Waals surface area contributed by atoms with Gasteiger partial charge in [-0.1, -0.05) is 12.8 Å². The molecule has 4 rings (SSSR count). The first-order valence-electron chi connectivity index (χ1n) is 11.3. The predicted molar refractivity (Wildman–Crippen MR) is 129 cm³/mol. The first kappa shape index (κ1) is 22.6. The molecule has 0 spiro atoms. The molecule has 0 atom stereocenters. The van der Waals surface area contributed by atoms with Crippen molar-refractivity contribution in [2.24, 2.45) is 7.05 Å². The van der Waals surface area contributed by atoms with Gasteiger partial charge in [0.25, 0.3) is 11.5 Å². The summed E-state index contributed by atoms with van der Waals surface area (Å²) in [5.41, 5.74) is 2.26. The molecular weight excluding hydrogens is 420 g/mol. The summed E-state index contributed by atoms with van der Waals surface area (Å²) in [5.74, 6) is 1.34. The molecule has 9 heteroatoms. The van der Waals surface area contributed by atoms with E-state index in [2.05, 4.69) is 20.5 Å². The number of ether oxygens (including phenoxy) is 1. The van der Waals surface area contributed by atoms with Crippen LogP contribution in [-0.4, -0.2) is 47.2 Å². The zero-order valence-corrected chi connectivity index (χ0v) is 19.4. The van der Waals surface area contributed by atoms with E-state index in [1.807, 2.05) is 31.3 Å². The maximum Gasteiger partial charge on any atom is 0.293 e. The average Bonchev–Trinajstić information content (AvgIpc) is 3.11. The molecular formula is C24H30N6O3. The summed E-state index contributed by atoms with van der Waals surface area (Å²) in [6.45, 7) is 3.72. The van der Waals surface area contributed by atoms with E-state index in [-0.39, 0.29) is 23.8 Å². The Hall–Kier alpha value is -3.62. The van der Waals surface area contributed by atoms with Gasteiger partial charge in [0.05, 0.1) is 5.52 Å². The second kappa shape index (κ2) is 9.89. The second-order valence-corrected chi connectivity index (χ2v) is 8.34. The molecule has 33 heavy (non-hydrogen) atoms. The van der Waals surface area contributed by atoms with E-state index >= 15 is 0 Å². The summed E-state index contributed by atoms with van der Waals surface area (Å²) < 4.78 is 6.98. The van der Waals surface area contributed by atoms with Gasteiger partial charge in [0.15, 0.2) is 12.4 Å². The van der Waals surface area contributed by atoms with Gasteiger partial charge >= 0.3 is 0 Å². The summed E-state index contributed by atoms with van der Waals surface area (Å²) in [6, 6.07) is 7.41. The number of nitrogens with one attached hydrogen (secondary N) is 2. The summed E-state index contributed by atoms with van der Waals surface area (Å²) in [4.78, 5) is 35.7. The molecule has 1 fully saturated rings. The molecule has 1 aromatic carbocycles. The average molecular weight is 451 g/mol. The van der Waals surface area contributed by atoms with Crippen molar-refractivity contribution < 1.29 is 9.53 Å². The zero-order chi connectivity index (χ0) is 23.4. The predicted octanol–water partition coefficient (Wildman–Crippen LogP) is 2.89. The summed E-state index contributed by atoms with van der Waals surface area (Å²) in [7, 11) is 3.21. The summed E-state index contributed by atoms with van der Waals surface area (Å²) >= 11 is 0. The van der Waals surface area contributed by atoms with Crippen LogP contribution < -0.4 is 25.8 Å². The smallest absolute Gasteiger partial charge is 0.293 e. The van der Waals surface area contributed by atoms with Crippen LogP contribution in [-0.2, 0) is 11.8 Å². The van der Waals surface area contributed by atoms with Crippen LogP contribution in [0.5, 0.6) is 5.75 Å². The van der Waals surface area contributed by atoms with Gasteiger partial charge in [0.1, 0.15) is 5.82 Å². The van der Waals surface area contributed by atoms with Crippen molar-refractivity contribution in [1.82, 2.24) is 19.9 Å². The Kier molecular flexibility index (Phi) is 6.76. The number of fused-ring (bicyclic) bond motifs is 1. The maximum absolute atomic E-state index is 12.6. The zero-order valence-electron chi connectivity index (χ0n) is 19.4. The van der Waals surface area contributed by atoms with Gasteiger partial charge in [-0.15, -0.1) is 0 Å². The number of benzene rings is 1. The highest BCUT2D eigenvalue weighted by molar-refractivity contribution is 5.85. The fourth-order valence-electron chi connectivity index (χ4n) is 3.97. The van der Waals surface area contributed by atoms with Crippen LogP contribution in [0, 0.1) is 6.92 Å². The van der Waals surface area contributed by atoms with Gasteiger partial charge in [-0.05, 0) is 44.0 Å². The Morgan fingerprint density at radius 2 is 1.91 bits per heavy atom. The van der Waals surface area contributed by atoms with Crippen LogP contribution in [0.15, 0.2) is 35.3 Å². The highest BCUT2D eigenvalue weighted by Crippen LogP contribution is 2.26. The third-order valence-electron chi connectivity index (χ3n) is 5.94. The van der Waals surface area contributed by atoms with Crippen molar-refractivity contribution in [3.8, 4) is 5.75 Å². The second-order valence-electron chi connectivity index (χ2n) is 8.34. The molecule has 0 bridgehead atoms. The molecule has 0 unspecified atom stereocenters. The number of carbonyl (C=O) groups excluding carboxylic acids is 1. The third kappa shape index (κ3) is 5.08. The van der Waals surface area contributed by atoms with Crippen LogP contribution in [0.4, 0.5) is 17.5 Å². The van der Waals surface area contributed by atoms with E-state index in [4.69, 9.17) is 9.72 Å². The van der Waals surface area contributed by atoms with E-state index in [0.29, 0.717) is 0 Å². The van der Waals surface area contributed by atoms with Gasteiger partial charge < -0.3 is 24.8 Å². The van der Waals surface area contributed by atoms with E-state index in [9.17, 15) is 9.59 Å². The number of amides is 1. The number of nitrogens with zero attached hydrogens (tertiary/aromatic N) is 4. The normalized spacial score (nSPS) is 14.1. The minimum absolute atomic E-state index is 0.132. The number of rotatable bonds is 6. The highest BCUT2D eigenvalue weighted by Gasteiger charge is 2.15. The molecule has 1 amide bonds. The van der Waals surface area contributed by atoms with Gasteiger partial charge in [-0.2, -0.15) is 4.98 Å². The van der Waals surface area contributed by atoms with Crippen molar-refractivity contribution in [3.63, 3.8) is 0 Å². The highest BCUT2D eigenvalue weighted by atomic mass is 16.5. The van der Waals surface area contributed by atoms with Gasteiger partial charge in [-0.25, -0.2) is 4.98 Å². The van der Waals surface area contributed by atoms with E-state index in [0.717, 1.165) is 59.9 Å². The van der Waals surface area contributed by atoms with E-state index < -0.39 is 0 Å². The fourth-order valence-corrected chi connectivity index (χ4v) is 3.97. The first-order valence-corrected chi connectivity index (χ1v) is 11.3. The van der Waals surface area contributed by atoms with Crippen LogP contribution in [0.25, 0.3) is 10.9 Å². The molecule has 3 aromatic rings. The van der Waals surface area contributed by atoms with Crippen molar-refractivity contribution >= 4 is 34.3 Å². The van der Waals surface area contributed by atoms with Crippen molar-refractivity contribution in [3.05, 3.63) is 46.4 Å². The lowest BCUT2D eigenvalue weighted by atomic mass is 10.2. The molecule has 2 N–H and O–H groups in total. The van der Waals surface area contributed by atoms with Crippen molar-refractivity contribution in [2.75, 3.05) is 37.0 Å². The topological polar surface area (TPSA) is 101 Å². The number of hydrogen-bond acceptors (Lipinski definition) is 7. The van der Waals surface area contributed by atoms with E-state index in [1.54, 1.807) is 13.1 Å². The SMILES string of the molecule is CNC(=O)COc1cc2cc(Nc3nc(N4CCCCCC4)ncc3C)ccc2n(C)c1=O. The lowest BCUT2D eigenvalue weighted by Crippen LogP contribution is -2.27.